The largest absolute Gasteiger partial charge is 0.384 e. The molecule has 0 atom stereocenters. The predicted molar refractivity (Wildman–Crippen MR) is 106 cm³/mol. The lowest BCUT2D eigenvalue weighted by molar-refractivity contribution is 0.218. The van der Waals surface area contributed by atoms with E-state index in [2.05, 4.69) is 40.3 Å². The molecule has 0 bridgehead atoms. The first-order chi connectivity index (χ1) is 12.3. The van der Waals surface area contributed by atoms with Crippen LogP contribution < -0.4 is 5.56 Å². The Kier molecular flexibility index (Phi) is 4.57. The molecule has 4 nitrogen and oxygen atoms in total. The fourth-order valence-corrected chi connectivity index (χ4v) is 4.56. The zero-order chi connectivity index (χ0) is 17.2. The lowest BCUT2D eigenvalue weighted by Crippen LogP contribution is -2.09. The van der Waals surface area contributed by atoms with Gasteiger partial charge in [0.05, 0.1) is 12.0 Å². The number of thioether (sulfide) groups is 1. The molecule has 0 amide bonds. The third-order valence-corrected chi connectivity index (χ3v) is 5.72. The number of methoxy groups -OCH3 is 1. The van der Waals surface area contributed by atoms with Gasteiger partial charge in [0, 0.05) is 23.8 Å². The van der Waals surface area contributed by atoms with Gasteiger partial charge in [0.25, 0.3) is 5.56 Å². The topological polar surface area (TPSA) is 55.0 Å². The van der Waals surface area contributed by atoms with E-state index in [1.165, 1.54) is 28.5 Å². The van der Waals surface area contributed by atoms with E-state index in [4.69, 9.17) is 4.74 Å². The third kappa shape index (κ3) is 3.20. The Bertz CT molecular complexity index is 1100. The van der Waals surface area contributed by atoms with Gasteiger partial charge in [0.1, 0.15) is 4.83 Å². The van der Waals surface area contributed by atoms with Crippen LogP contribution in [0, 0.1) is 0 Å². The summed E-state index contributed by atoms with van der Waals surface area (Å²) >= 11 is 3.00. The number of ether oxygens (including phenoxy) is 1. The average molecular weight is 368 g/mol. The van der Waals surface area contributed by atoms with Crippen molar-refractivity contribution >= 4 is 44.1 Å². The average Bonchev–Trinajstić information content (AvgIpc) is 3.06. The van der Waals surface area contributed by atoms with Gasteiger partial charge in [-0.1, -0.05) is 48.2 Å². The number of rotatable bonds is 5. The lowest BCUT2D eigenvalue weighted by atomic mass is 10.0. The Morgan fingerprint density at radius 1 is 1.20 bits per heavy atom. The van der Waals surface area contributed by atoms with Crippen LogP contribution >= 0.6 is 23.1 Å². The molecule has 0 saturated carbocycles. The van der Waals surface area contributed by atoms with Crippen molar-refractivity contribution in [2.45, 2.75) is 5.16 Å². The minimum atomic E-state index is -0.0886. The van der Waals surface area contributed by atoms with Crippen LogP contribution in [0.2, 0.25) is 0 Å². The van der Waals surface area contributed by atoms with E-state index < -0.39 is 0 Å². The highest BCUT2D eigenvalue weighted by Crippen LogP contribution is 2.33. The number of benzene rings is 2. The van der Waals surface area contributed by atoms with Crippen molar-refractivity contribution in [2.75, 3.05) is 19.5 Å². The van der Waals surface area contributed by atoms with Crippen LogP contribution in [0.1, 0.15) is 0 Å². The van der Waals surface area contributed by atoms with Gasteiger partial charge in [-0.15, -0.1) is 11.3 Å². The molecule has 0 aliphatic carbocycles. The summed E-state index contributed by atoms with van der Waals surface area (Å²) in [6.45, 7) is 0.624. The molecular formula is C19H16N2O2S2. The lowest BCUT2D eigenvalue weighted by Gasteiger charge is -2.04. The first-order valence-electron chi connectivity index (χ1n) is 7.88. The number of fused-ring (bicyclic) bond motifs is 2. The van der Waals surface area contributed by atoms with Gasteiger partial charge < -0.3 is 9.72 Å². The number of aromatic nitrogens is 2. The Morgan fingerprint density at radius 2 is 2.04 bits per heavy atom. The zero-order valence-corrected chi connectivity index (χ0v) is 15.2. The molecule has 0 radical (unpaired) electrons. The fraction of sp³-hybridized carbons (Fsp3) is 0.158. The SMILES string of the molecule is COCCSc1nc2scc(-c3ccc4ccccc4c3)c2c(=O)[nH]1. The normalized spacial score (nSPS) is 11.4. The highest BCUT2D eigenvalue weighted by Gasteiger charge is 2.13. The molecule has 0 fully saturated rings. The van der Waals surface area contributed by atoms with Crippen LogP contribution in [0.25, 0.3) is 32.1 Å². The molecule has 0 unspecified atom stereocenters. The summed E-state index contributed by atoms with van der Waals surface area (Å²) in [6, 6.07) is 14.5. The number of nitrogens with one attached hydrogen (secondary N) is 1. The number of hydrogen-bond acceptors (Lipinski definition) is 5. The van der Waals surface area contributed by atoms with Crippen LogP contribution in [0.15, 0.2) is 57.8 Å². The molecule has 4 rings (SSSR count). The molecule has 2 aromatic heterocycles. The number of hydrogen-bond donors (Lipinski definition) is 1. The van der Waals surface area contributed by atoms with Crippen LogP contribution in [-0.4, -0.2) is 29.4 Å². The van der Waals surface area contributed by atoms with Crippen molar-refractivity contribution in [3.8, 4) is 11.1 Å². The summed E-state index contributed by atoms with van der Waals surface area (Å²) in [4.78, 5) is 20.9. The zero-order valence-electron chi connectivity index (χ0n) is 13.6. The van der Waals surface area contributed by atoms with E-state index in [1.54, 1.807) is 7.11 Å². The first-order valence-corrected chi connectivity index (χ1v) is 9.75. The molecule has 126 valence electrons. The Morgan fingerprint density at radius 3 is 2.88 bits per heavy atom. The Hall–Kier alpha value is -2.15. The molecule has 25 heavy (non-hydrogen) atoms. The van der Waals surface area contributed by atoms with E-state index in [9.17, 15) is 4.79 Å². The van der Waals surface area contributed by atoms with E-state index in [-0.39, 0.29) is 5.56 Å². The quantitative estimate of drug-likeness (QED) is 0.319. The second kappa shape index (κ2) is 7.00. The summed E-state index contributed by atoms with van der Waals surface area (Å²) in [5.41, 5.74) is 1.89. The van der Waals surface area contributed by atoms with Gasteiger partial charge in [0.15, 0.2) is 5.16 Å². The van der Waals surface area contributed by atoms with Gasteiger partial charge in [0.2, 0.25) is 0 Å². The maximum Gasteiger partial charge on any atom is 0.260 e. The molecule has 2 heterocycles. The number of H-pyrrole nitrogens is 1. The molecule has 0 saturated heterocycles. The molecule has 2 aromatic carbocycles. The second-order valence-electron chi connectivity index (χ2n) is 5.60. The van der Waals surface area contributed by atoms with Gasteiger partial charge in [-0.25, -0.2) is 4.98 Å². The van der Waals surface area contributed by atoms with Gasteiger partial charge in [-0.05, 0) is 22.4 Å². The number of aromatic amines is 1. The van der Waals surface area contributed by atoms with Crippen molar-refractivity contribution in [1.29, 1.82) is 0 Å². The summed E-state index contributed by atoms with van der Waals surface area (Å²) in [6.07, 6.45) is 0. The summed E-state index contributed by atoms with van der Waals surface area (Å²) in [7, 11) is 1.66. The highest BCUT2D eigenvalue weighted by molar-refractivity contribution is 7.99. The van der Waals surface area contributed by atoms with Gasteiger partial charge >= 0.3 is 0 Å². The molecule has 1 N–H and O–H groups in total. The number of thiophene rings is 1. The van der Waals surface area contributed by atoms with Gasteiger partial charge in [-0.2, -0.15) is 0 Å². The fourth-order valence-electron chi connectivity index (χ4n) is 2.79. The van der Waals surface area contributed by atoms with Crippen molar-refractivity contribution in [1.82, 2.24) is 9.97 Å². The summed E-state index contributed by atoms with van der Waals surface area (Å²) in [5, 5.41) is 5.67. The molecule has 0 aliphatic rings. The van der Waals surface area contributed by atoms with Crippen molar-refractivity contribution in [3.63, 3.8) is 0 Å². The maximum absolute atomic E-state index is 12.6. The van der Waals surface area contributed by atoms with Crippen LogP contribution in [0.4, 0.5) is 0 Å². The third-order valence-electron chi connectivity index (χ3n) is 4.01. The summed E-state index contributed by atoms with van der Waals surface area (Å²) < 4.78 is 5.04. The predicted octanol–water partition coefficient (Wildman–Crippen LogP) is 4.54. The highest BCUT2D eigenvalue weighted by atomic mass is 32.2. The minimum absolute atomic E-state index is 0.0886. The van der Waals surface area contributed by atoms with Crippen molar-refractivity contribution < 1.29 is 4.74 Å². The summed E-state index contributed by atoms with van der Waals surface area (Å²) in [5.74, 6) is 0.758. The van der Waals surface area contributed by atoms with Crippen LogP contribution in [0.5, 0.6) is 0 Å². The Balaban J connectivity index is 1.78. The van der Waals surface area contributed by atoms with Crippen LogP contribution in [0.3, 0.4) is 0 Å². The van der Waals surface area contributed by atoms with Gasteiger partial charge in [-0.3, -0.25) is 4.79 Å². The molecule has 0 spiro atoms. The smallest absolute Gasteiger partial charge is 0.260 e. The maximum atomic E-state index is 12.6. The molecule has 4 aromatic rings. The van der Waals surface area contributed by atoms with E-state index in [0.717, 1.165) is 27.1 Å². The molecule has 6 heteroatoms. The minimum Gasteiger partial charge on any atom is -0.384 e. The van der Waals surface area contributed by atoms with Crippen molar-refractivity contribution in [3.05, 3.63) is 58.2 Å². The van der Waals surface area contributed by atoms with Crippen LogP contribution in [-0.2, 0) is 4.74 Å². The molecular weight excluding hydrogens is 352 g/mol. The Labute approximate surface area is 152 Å². The van der Waals surface area contributed by atoms with Crippen molar-refractivity contribution in [2.24, 2.45) is 0 Å². The van der Waals surface area contributed by atoms with E-state index in [1.807, 2.05) is 17.5 Å². The van der Waals surface area contributed by atoms with E-state index in [0.29, 0.717) is 17.1 Å². The molecule has 0 aliphatic heterocycles. The standard InChI is InChI=1S/C19H16N2O2S2/c1-23-8-9-24-19-20-17(22)16-15(11-25-18(16)21-19)14-7-6-12-4-2-3-5-13(12)10-14/h2-7,10-11H,8-9H2,1H3,(H,20,21,22). The second-order valence-corrected chi connectivity index (χ2v) is 7.55. The number of nitrogens with zero attached hydrogens (tertiary/aromatic N) is 1. The van der Waals surface area contributed by atoms with E-state index >= 15 is 0 Å². The first kappa shape index (κ1) is 16.3. The monoisotopic (exact) mass is 368 g/mol.